The molecule has 4 nitrogen and oxygen atoms in total. The molecule has 4 heteroatoms. The first-order valence-corrected chi connectivity index (χ1v) is 6.43. The lowest BCUT2D eigenvalue weighted by Crippen LogP contribution is -2.40. The van der Waals surface area contributed by atoms with Gasteiger partial charge >= 0.3 is 0 Å². The van der Waals surface area contributed by atoms with Gasteiger partial charge in [0.05, 0.1) is 23.0 Å². The van der Waals surface area contributed by atoms with Gasteiger partial charge in [0.1, 0.15) is 6.07 Å². The van der Waals surface area contributed by atoms with Crippen LogP contribution in [0.1, 0.15) is 38.2 Å². The van der Waals surface area contributed by atoms with Crippen LogP contribution in [0.4, 0.5) is 5.69 Å². The van der Waals surface area contributed by atoms with Crippen LogP contribution in [0, 0.1) is 17.2 Å². The molecule has 96 valence electrons. The molecular weight excluding hydrogens is 226 g/mol. The number of nitrogens with zero attached hydrogens (tertiary/aromatic N) is 2. The minimum Gasteiger partial charge on any atom is -0.388 e. The van der Waals surface area contributed by atoms with Gasteiger partial charge in [-0.3, -0.25) is 4.98 Å². The fourth-order valence-corrected chi connectivity index (χ4v) is 2.37. The lowest BCUT2D eigenvalue weighted by Gasteiger charge is -2.35. The van der Waals surface area contributed by atoms with E-state index in [1.165, 1.54) is 0 Å². The van der Waals surface area contributed by atoms with Crippen molar-refractivity contribution < 1.29 is 5.11 Å². The number of pyridine rings is 1. The van der Waals surface area contributed by atoms with E-state index in [9.17, 15) is 5.11 Å². The Balaban J connectivity index is 1.97. The molecule has 18 heavy (non-hydrogen) atoms. The summed E-state index contributed by atoms with van der Waals surface area (Å²) >= 11 is 0. The average Bonchev–Trinajstić information content (AvgIpc) is 2.41. The molecule has 1 fully saturated rings. The Morgan fingerprint density at radius 1 is 1.56 bits per heavy atom. The van der Waals surface area contributed by atoms with E-state index in [1.807, 2.05) is 0 Å². The molecule has 0 amide bonds. The number of rotatable bonds is 3. The molecule has 0 atom stereocenters. The van der Waals surface area contributed by atoms with Gasteiger partial charge in [-0.15, -0.1) is 0 Å². The summed E-state index contributed by atoms with van der Waals surface area (Å²) in [7, 11) is 0. The fourth-order valence-electron chi connectivity index (χ4n) is 2.37. The van der Waals surface area contributed by atoms with Crippen LogP contribution in [0.25, 0.3) is 0 Å². The highest BCUT2D eigenvalue weighted by molar-refractivity contribution is 5.55. The quantitative estimate of drug-likeness (QED) is 0.857. The molecule has 1 aromatic heterocycles. The van der Waals surface area contributed by atoms with Crippen molar-refractivity contribution in [2.24, 2.45) is 5.92 Å². The molecule has 0 aromatic carbocycles. The van der Waals surface area contributed by atoms with Gasteiger partial charge in [-0.2, -0.15) is 5.26 Å². The van der Waals surface area contributed by atoms with Crippen molar-refractivity contribution in [2.45, 2.75) is 38.2 Å². The topological polar surface area (TPSA) is 68.9 Å². The Morgan fingerprint density at radius 2 is 2.28 bits per heavy atom. The van der Waals surface area contributed by atoms with Crippen LogP contribution in [-0.4, -0.2) is 22.2 Å². The molecule has 1 heterocycles. The molecule has 0 saturated heterocycles. The lowest BCUT2D eigenvalue weighted by atomic mass is 9.79. The molecule has 0 aliphatic heterocycles. The number of anilines is 1. The van der Waals surface area contributed by atoms with Crippen molar-refractivity contribution in [3.8, 4) is 6.07 Å². The number of nitrogens with one attached hydrogen (secondary N) is 1. The summed E-state index contributed by atoms with van der Waals surface area (Å²) in [5, 5.41) is 22.6. The molecule has 2 N–H and O–H groups in total. The Morgan fingerprint density at radius 3 is 2.94 bits per heavy atom. The van der Waals surface area contributed by atoms with E-state index in [0.29, 0.717) is 23.7 Å². The minimum atomic E-state index is -0.644. The molecule has 1 aromatic rings. The number of hydrogen-bond donors (Lipinski definition) is 2. The van der Waals surface area contributed by atoms with Crippen molar-refractivity contribution in [2.75, 3.05) is 11.9 Å². The van der Waals surface area contributed by atoms with Crippen LogP contribution >= 0.6 is 0 Å². The predicted octanol–water partition coefficient (Wildman–Crippen LogP) is 2.31. The second-order valence-electron chi connectivity index (χ2n) is 5.29. The highest BCUT2D eigenvalue weighted by atomic mass is 16.3. The first-order chi connectivity index (χ1) is 8.63. The van der Waals surface area contributed by atoms with Crippen LogP contribution < -0.4 is 5.32 Å². The fraction of sp³-hybridized carbons (Fsp3) is 0.571. The Labute approximate surface area is 108 Å². The molecule has 0 unspecified atom stereocenters. The summed E-state index contributed by atoms with van der Waals surface area (Å²) in [6.07, 6.45) is 7.01. The smallest absolute Gasteiger partial charge is 0.101 e. The maximum absolute atomic E-state index is 10.4. The molecule has 0 spiro atoms. The van der Waals surface area contributed by atoms with Gasteiger partial charge in [0, 0.05) is 12.7 Å². The first-order valence-electron chi connectivity index (χ1n) is 6.43. The minimum absolute atomic E-state index is 0.486. The number of nitriles is 1. The van der Waals surface area contributed by atoms with Crippen molar-refractivity contribution in [3.05, 3.63) is 24.0 Å². The lowest BCUT2D eigenvalue weighted by molar-refractivity contribution is 0.00500. The zero-order chi connectivity index (χ0) is 13.0. The largest absolute Gasteiger partial charge is 0.388 e. The van der Waals surface area contributed by atoms with Crippen molar-refractivity contribution in [1.29, 1.82) is 5.26 Å². The van der Waals surface area contributed by atoms with Crippen LogP contribution in [-0.2, 0) is 0 Å². The highest BCUT2D eigenvalue weighted by Gasteiger charge is 2.31. The first kappa shape index (κ1) is 12.8. The monoisotopic (exact) mass is 245 g/mol. The maximum Gasteiger partial charge on any atom is 0.101 e. The average molecular weight is 245 g/mol. The third-order valence-corrected chi connectivity index (χ3v) is 3.75. The van der Waals surface area contributed by atoms with Crippen LogP contribution in [0.3, 0.4) is 0 Å². The SMILES string of the molecule is CC1CCC(O)(CNc2cnccc2C#N)CC1. The summed E-state index contributed by atoms with van der Waals surface area (Å²) < 4.78 is 0. The van der Waals surface area contributed by atoms with Crippen molar-refractivity contribution in [1.82, 2.24) is 4.98 Å². The normalized spacial score (nSPS) is 27.5. The van der Waals surface area contributed by atoms with E-state index in [2.05, 4.69) is 23.3 Å². The maximum atomic E-state index is 10.4. The van der Waals surface area contributed by atoms with E-state index in [0.717, 1.165) is 25.7 Å². The van der Waals surface area contributed by atoms with Crippen molar-refractivity contribution >= 4 is 5.69 Å². The Hall–Kier alpha value is -1.60. The molecule has 1 saturated carbocycles. The highest BCUT2D eigenvalue weighted by Crippen LogP contribution is 2.32. The van der Waals surface area contributed by atoms with E-state index in [-0.39, 0.29) is 0 Å². The third-order valence-electron chi connectivity index (χ3n) is 3.75. The Kier molecular flexibility index (Phi) is 3.83. The summed E-state index contributed by atoms with van der Waals surface area (Å²) in [6.45, 7) is 2.71. The third kappa shape index (κ3) is 2.99. The predicted molar refractivity (Wildman–Crippen MR) is 70.0 cm³/mol. The van der Waals surface area contributed by atoms with Crippen LogP contribution in [0.2, 0.25) is 0 Å². The van der Waals surface area contributed by atoms with E-state index < -0.39 is 5.60 Å². The van der Waals surface area contributed by atoms with Gasteiger partial charge in [-0.05, 0) is 37.7 Å². The van der Waals surface area contributed by atoms with Crippen LogP contribution in [0.15, 0.2) is 18.5 Å². The molecule has 0 radical (unpaired) electrons. The van der Waals surface area contributed by atoms with E-state index in [4.69, 9.17) is 5.26 Å². The molecule has 2 rings (SSSR count). The summed E-state index contributed by atoms with van der Waals surface area (Å²) in [5.74, 6) is 0.707. The van der Waals surface area contributed by atoms with Gasteiger partial charge < -0.3 is 10.4 Å². The van der Waals surface area contributed by atoms with Gasteiger partial charge in [0.2, 0.25) is 0 Å². The van der Waals surface area contributed by atoms with Gasteiger partial charge in [-0.25, -0.2) is 0 Å². The molecule has 0 bridgehead atoms. The Bertz CT molecular complexity index is 445. The second kappa shape index (κ2) is 5.36. The van der Waals surface area contributed by atoms with E-state index >= 15 is 0 Å². The number of aromatic nitrogens is 1. The van der Waals surface area contributed by atoms with Gasteiger partial charge in [0.15, 0.2) is 0 Å². The summed E-state index contributed by atoms with van der Waals surface area (Å²) in [5.41, 5.74) is 0.625. The summed E-state index contributed by atoms with van der Waals surface area (Å²) in [4.78, 5) is 4.00. The number of hydrogen-bond acceptors (Lipinski definition) is 4. The van der Waals surface area contributed by atoms with Crippen molar-refractivity contribution in [3.63, 3.8) is 0 Å². The number of aliphatic hydroxyl groups is 1. The second-order valence-corrected chi connectivity index (χ2v) is 5.29. The zero-order valence-electron chi connectivity index (χ0n) is 10.7. The van der Waals surface area contributed by atoms with E-state index in [1.54, 1.807) is 18.5 Å². The van der Waals surface area contributed by atoms with Gasteiger partial charge in [-0.1, -0.05) is 6.92 Å². The standard InChI is InChI=1S/C14H19N3O/c1-11-2-5-14(18,6-3-11)10-17-13-9-16-7-4-12(13)8-15/h4,7,9,11,17-18H,2-3,5-6,10H2,1H3. The zero-order valence-corrected chi connectivity index (χ0v) is 10.7. The molecule has 1 aliphatic rings. The molecular formula is C14H19N3O. The summed E-state index contributed by atoms with van der Waals surface area (Å²) in [6, 6.07) is 3.79. The molecule has 1 aliphatic carbocycles. The van der Waals surface area contributed by atoms with Crippen LogP contribution in [0.5, 0.6) is 0 Å². The van der Waals surface area contributed by atoms with Gasteiger partial charge in [0.25, 0.3) is 0 Å².